The molecule has 0 fully saturated rings. The minimum atomic E-state index is -0.0346. The molecule has 0 saturated heterocycles. The monoisotopic (exact) mass is 399 g/mol. The fourth-order valence-electron chi connectivity index (χ4n) is 3.68. The van der Waals surface area contributed by atoms with Gasteiger partial charge >= 0.3 is 0 Å². The van der Waals surface area contributed by atoms with Crippen LogP contribution in [0.15, 0.2) is 59.4 Å². The highest BCUT2D eigenvalue weighted by Crippen LogP contribution is 2.36. The van der Waals surface area contributed by atoms with Gasteiger partial charge in [0.1, 0.15) is 10.7 Å². The molecule has 0 radical (unpaired) electrons. The third-order valence-corrected chi connectivity index (χ3v) is 6.00. The van der Waals surface area contributed by atoms with E-state index in [0.29, 0.717) is 30.6 Å². The van der Waals surface area contributed by atoms with E-state index in [4.69, 9.17) is 10.2 Å². The van der Waals surface area contributed by atoms with Crippen LogP contribution < -0.4 is 5.56 Å². The van der Waals surface area contributed by atoms with Crippen LogP contribution in [0.25, 0.3) is 32.7 Å². The summed E-state index contributed by atoms with van der Waals surface area (Å²) >= 11 is 1.56. The van der Waals surface area contributed by atoms with E-state index >= 15 is 0 Å². The molecule has 0 N–H and O–H groups in total. The molecule has 4 nitrogen and oxygen atoms in total. The normalized spacial score (nSPS) is 10.9. The molecule has 4 aromatic rings. The molecule has 2 aromatic heterocycles. The minimum Gasteiger partial charge on any atom is -0.292 e. The average Bonchev–Trinajstić information content (AvgIpc) is 3.06. The van der Waals surface area contributed by atoms with Crippen LogP contribution in [0.2, 0.25) is 0 Å². The number of thiophene rings is 1. The van der Waals surface area contributed by atoms with Crippen molar-refractivity contribution in [2.45, 2.75) is 33.2 Å². The van der Waals surface area contributed by atoms with Gasteiger partial charge in [-0.2, -0.15) is 5.26 Å². The van der Waals surface area contributed by atoms with Crippen LogP contribution in [0.4, 0.5) is 0 Å². The zero-order valence-corrected chi connectivity index (χ0v) is 17.3. The largest absolute Gasteiger partial charge is 0.292 e. The summed E-state index contributed by atoms with van der Waals surface area (Å²) in [5.74, 6) is 0.671. The Hall–Kier alpha value is -3.23. The second-order valence-electron chi connectivity index (χ2n) is 7.10. The Balaban J connectivity index is 2.01. The highest BCUT2D eigenvalue weighted by atomic mass is 32.1. The maximum atomic E-state index is 13.7. The standard InChI is InChI=1S/C24H21N3OS/c1-16-9-8-12-19(15-16)22-26-23-21(24(28)27(22)14-7-6-13-25)20(17(2)29-23)18-10-4-3-5-11-18/h3-5,8-12,15H,6-7,14H2,1-2H3. The van der Waals surface area contributed by atoms with Crippen molar-refractivity contribution in [1.29, 1.82) is 5.26 Å². The van der Waals surface area contributed by atoms with Crippen LogP contribution in [0.1, 0.15) is 23.3 Å². The fourth-order valence-corrected chi connectivity index (χ4v) is 4.71. The van der Waals surface area contributed by atoms with Gasteiger partial charge in [-0.3, -0.25) is 9.36 Å². The number of benzene rings is 2. The van der Waals surface area contributed by atoms with Crippen LogP contribution in [-0.4, -0.2) is 9.55 Å². The summed E-state index contributed by atoms with van der Waals surface area (Å²) in [4.78, 5) is 20.4. The first-order chi connectivity index (χ1) is 14.1. The number of unbranched alkanes of at least 4 members (excludes halogenated alkanes) is 1. The van der Waals surface area contributed by atoms with Crippen molar-refractivity contribution < 1.29 is 0 Å². The number of nitriles is 1. The van der Waals surface area contributed by atoms with Gasteiger partial charge in [-0.05, 0) is 31.9 Å². The summed E-state index contributed by atoms with van der Waals surface area (Å²) in [6.45, 7) is 4.55. The second kappa shape index (κ2) is 8.02. The topological polar surface area (TPSA) is 58.7 Å². The molecule has 29 heavy (non-hydrogen) atoms. The Labute approximate surface area is 173 Å². The van der Waals surface area contributed by atoms with Gasteiger partial charge < -0.3 is 0 Å². The first-order valence-electron chi connectivity index (χ1n) is 9.63. The Morgan fingerprint density at radius 3 is 2.55 bits per heavy atom. The number of aryl methyl sites for hydroxylation is 2. The molecule has 0 aliphatic heterocycles. The quantitative estimate of drug-likeness (QED) is 0.404. The predicted molar refractivity (Wildman–Crippen MR) is 119 cm³/mol. The SMILES string of the molecule is Cc1cccc(-c2nc3sc(C)c(-c4ccccc4)c3c(=O)n2CCCC#N)c1. The molecule has 0 atom stereocenters. The van der Waals surface area contributed by atoms with Crippen molar-refractivity contribution >= 4 is 21.6 Å². The fraction of sp³-hybridized carbons (Fsp3) is 0.208. The number of aromatic nitrogens is 2. The zero-order valence-electron chi connectivity index (χ0n) is 16.5. The van der Waals surface area contributed by atoms with Gasteiger partial charge in [0.25, 0.3) is 5.56 Å². The maximum Gasteiger partial charge on any atom is 0.263 e. The van der Waals surface area contributed by atoms with E-state index < -0.39 is 0 Å². The smallest absolute Gasteiger partial charge is 0.263 e. The lowest BCUT2D eigenvalue weighted by Crippen LogP contribution is -2.23. The van der Waals surface area contributed by atoms with Crippen LogP contribution in [0.5, 0.6) is 0 Å². The molecule has 5 heteroatoms. The molecule has 2 aromatic carbocycles. The van der Waals surface area contributed by atoms with Gasteiger partial charge in [0.2, 0.25) is 0 Å². The lowest BCUT2D eigenvalue weighted by atomic mass is 10.0. The molecular weight excluding hydrogens is 378 g/mol. The van der Waals surface area contributed by atoms with Crippen molar-refractivity contribution in [3.8, 4) is 28.6 Å². The Morgan fingerprint density at radius 1 is 1.07 bits per heavy atom. The Morgan fingerprint density at radius 2 is 1.83 bits per heavy atom. The first-order valence-corrected chi connectivity index (χ1v) is 10.4. The lowest BCUT2D eigenvalue weighted by Gasteiger charge is -2.13. The first kappa shape index (κ1) is 19.1. The molecule has 0 unspecified atom stereocenters. The molecule has 4 rings (SSSR count). The van der Waals surface area contributed by atoms with Crippen molar-refractivity contribution in [2.24, 2.45) is 0 Å². The molecule has 0 aliphatic carbocycles. The lowest BCUT2D eigenvalue weighted by molar-refractivity contribution is 0.634. The molecule has 0 aliphatic rings. The number of hydrogen-bond donors (Lipinski definition) is 0. The molecular formula is C24H21N3OS. The van der Waals surface area contributed by atoms with Crippen molar-refractivity contribution in [3.63, 3.8) is 0 Å². The van der Waals surface area contributed by atoms with Crippen LogP contribution >= 0.6 is 11.3 Å². The number of rotatable bonds is 5. The molecule has 144 valence electrons. The van der Waals surface area contributed by atoms with E-state index in [9.17, 15) is 4.79 Å². The Bertz CT molecular complexity index is 1280. The van der Waals surface area contributed by atoms with E-state index in [1.807, 2.05) is 68.4 Å². The summed E-state index contributed by atoms with van der Waals surface area (Å²) in [7, 11) is 0. The van der Waals surface area contributed by atoms with E-state index in [-0.39, 0.29) is 5.56 Å². The summed E-state index contributed by atoms with van der Waals surface area (Å²) in [6, 6.07) is 20.2. The van der Waals surface area contributed by atoms with E-state index in [2.05, 4.69) is 6.07 Å². The van der Waals surface area contributed by atoms with E-state index in [1.165, 1.54) is 0 Å². The molecule has 0 amide bonds. The summed E-state index contributed by atoms with van der Waals surface area (Å²) in [5, 5.41) is 9.63. The zero-order chi connectivity index (χ0) is 20.4. The predicted octanol–water partition coefficient (Wildman–Crippen LogP) is 5.71. The Kier molecular flexibility index (Phi) is 5.28. The van der Waals surface area contributed by atoms with Crippen molar-refractivity contribution in [2.75, 3.05) is 0 Å². The van der Waals surface area contributed by atoms with E-state index in [1.54, 1.807) is 15.9 Å². The molecule has 0 saturated carbocycles. The van der Waals surface area contributed by atoms with Crippen LogP contribution in [-0.2, 0) is 6.54 Å². The van der Waals surface area contributed by atoms with Crippen LogP contribution in [0, 0.1) is 25.2 Å². The highest BCUT2D eigenvalue weighted by Gasteiger charge is 2.20. The highest BCUT2D eigenvalue weighted by molar-refractivity contribution is 7.19. The summed E-state index contributed by atoms with van der Waals surface area (Å²) < 4.78 is 1.74. The number of fused-ring (bicyclic) bond motifs is 1. The second-order valence-corrected chi connectivity index (χ2v) is 8.31. The van der Waals surface area contributed by atoms with Crippen molar-refractivity contribution in [1.82, 2.24) is 9.55 Å². The van der Waals surface area contributed by atoms with Gasteiger partial charge in [0.15, 0.2) is 0 Å². The maximum absolute atomic E-state index is 13.7. The number of nitrogens with zero attached hydrogens (tertiary/aromatic N) is 3. The molecule has 2 heterocycles. The van der Waals surface area contributed by atoms with Gasteiger partial charge in [-0.25, -0.2) is 4.98 Å². The summed E-state index contributed by atoms with van der Waals surface area (Å²) in [6.07, 6.45) is 1.03. The third kappa shape index (κ3) is 3.59. The van der Waals surface area contributed by atoms with Gasteiger partial charge in [0.05, 0.1) is 11.5 Å². The number of hydrogen-bond acceptors (Lipinski definition) is 4. The minimum absolute atomic E-state index is 0.0346. The van der Waals surface area contributed by atoms with Gasteiger partial charge in [-0.15, -0.1) is 11.3 Å². The van der Waals surface area contributed by atoms with Crippen LogP contribution in [0.3, 0.4) is 0 Å². The molecule has 0 spiro atoms. The molecule has 0 bridgehead atoms. The van der Waals surface area contributed by atoms with E-state index in [0.717, 1.165) is 32.0 Å². The van der Waals surface area contributed by atoms with Gasteiger partial charge in [-0.1, -0.05) is 54.1 Å². The average molecular weight is 400 g/mol. The van der Waals surface area contributed by atoms with Gasteiger partial charge in [0, 0.05) is 29.0 Å². The summed E-state index contributed by atoms with van der Waals surface area (Å²) in [5.41, 5.74) is 4.00. The van der Waals surface area contributed by atoms with Crippen molar-refractivity contribution in [3.05, 3.63) is 75.4 Å². The third-order valence-electron chi connectivity index (χ3n) is 5.00.